The van der Waals surface area contributed by atoms with Crippen LogP contribution in [-0.2, 0) is 19.1 Å². The van der Waals surface area contributed by atoms with Crippen LogP contribution in [0.5, 0.6) is 17.2 Å². The Balaban J connectivity index is 1.09. The largest absolute Gasteiger partial charge is 0.459 e. The topological polar surface area (TPSA) is 105 Å². The van der Waals surface area contributed by atoms with Gasteiger partial charge in [0.1, 0.15) is 17.2 Å². The molecule has 0 saturated carbocycles. The molecule has 0 fully saturated rings. The van der Waals surface area contributed by atoms with E-state index in [1.54, 1.807) is 48.5 Å². The Morgan fingerprint density at radius 3 is 1.28 bits per heavy atom. The van der Waals surface area contributed by atoms with Crippen LogP contribution in [0.15, 0.2) is 110 Å². The van der Waals surface area contributed by atoms with Crippen molar-refractivity contribution >= 4 is 23.9 Å². The lowest BCUT2D eigenvalue weighted by Gasteiger charge is -2.13. The van der Waals surface area contributed by atoms with E-state index < -0.39 is 0 Å². The highest BCUT2D eigenvalue weighted by atomic mass is 16.5. The molecule has 0 aliphatic heterocycles. The van der Waals surface area contributed by atoms with Crippen molar-refractivity contribution in [3.05, 3.63) is 115 Å². The van der Waals surface area contributed by atoms with Crippen LogP contribution >= 0.6 is 0 Å². The number of carbonyl (C=O) groups excluding carboxylic acids is 4. The van der Waals surface area contributed by atoms with E-state index in [1.807, 2.05) is 61.5 Å². The average molecular weight is 789 g/mol. The summed E-state index contributed by atoms with van der Waals surface area (Å²) in [6, 6.07) is 29.1. The van der Waals surface area contributed by atoms with Gasteiger partial charge in [0.25, 0.3) is 0 Å². The molecule has 4 aromatic carbocycles. The van der Waals surface area contributed by atoms with Gasteiger partial charge in [-0.25, -0.2) is 4.79 Å². The first kappa shape index (κ1) is 45.2. The van der Waals surface area contributed by atoms with Crippen molar-refractivity contribution in [2.45, 2.75) is 129 Å². The Morgan fingerprint density at radius 2 is 0.862 bits per heavy atom. The summed E-state index contributed by atoms with van der Waals surface area (Å²) in [4.78, 5) is 49.7. The van der Waals surface area contributed by atoms with Crippen molar-refractivity contribution in [3.63, 3.8) is 0 Å². The molecular weight excluding hydrogens is 729 g/mol. The Hall–Kier alpha value is -5.50. The monoisotopic (exact) mass is 788 g/mol. The van der Waals surface area contributed by atoms with Crippen LogP contribution < -0.4 is 14.2 Å². The molecule has 0 spiro atoms. The van der Waals surface area contributed by atoms with Crippen LogP contribution in [0.3, 0.4) is 0 Å². The second kappa shape index (κ2) is 25.7. The van der Waals surface area contributed by atoms with Crippen molar-refractivity contribution in [2.24, 2.45) is 0 Å². The van der Waals surface area contributed by atoms with Crippen molar-refractivity contribution in [1.82, 2.24) is 0 Å². The second-order valence-electron chi connectivity index (χ2n) is 14.8. The molecule has 308 valence electrons. The number of hydrogen-bond donors (Lipinski definition) is 0. The van der Waals surface area contributed by atoms with Gasteiger partial charge in [-0.1, -0.05) is 106 Å². The number of benzene rings is 4. The molecule has 4 rings (SSSR count). The predicted octanol–water partition coefficient (Wildman–Crippen LogP) is 12.8. The Labute approximate surface area is 345 Å². The third-order valence-electron chi connectivity index (χ3n) is 9.87. The van der Waals surface area contributed by atoms with Crippen molar-refractivity contribution in [2.75, 3.05) is 0 Å². The van der Waals surface area contributed by atoms with E-state index in [2.05, 4.69) is 13.5 Å². The number of rotatable bonds is 26. The van der Waals surface area contributed by atoms with Gasteiger partial charge in [-0.15, -0.1) is 6.58 Å². The van der Waals surface area contributed by atoms with Gasteiger partial charge in [0, 0.05) is 19.3 Å². The molecule has 0 saturated heterocycles. The molecule has 0 aliphatic rings. The van der Waals surface area contributed by atoms with E-state index in [4.69, 9.17) is 18.9 Å². The maximum Gasteiger partial charge on any atom is 0.338 e. The number of unbranched alkanes of at least 4 members (excludes halogenated alkanes) is 10. The van der Waals surface area contributed by atoms with Gasteiger partial charge in [0.05, 0.1) is 11.7 Å². The number of hydrogen-bond acceptors (Lipinski definition) is 8. The Morgan fingerprint density at radius 1 is 0.500 bits per heavy atom. The summed E-state index contributed by atoms with van der Waals surface area (Å²) in [5, 5.41) is 0. The van der Waals surface area contributed by atoms with Gasteiger partial charge >= 0.3 is 23.9 Å². The first-order valence-electron chi connectivity index (χ1n) is 21.1. The summed E-state index contributed by atoms with van der Waals surface area (Å²) in [7, 11) is 0. The van der Waals surface area contributed by atoms with Crippen LogP contribution in [-0.4, -0.2) is 30.0 Å². The van der Waals surface area contributed by atoms with E-state index >= 15 is 0 Å². The zero-order valence-corrected chi connectivity index (χ0v) is 34.4. The van der Waals surface area contributed by atoms with Gasteiger partial charge in [-0.2, -0.15) is 0 Å². The predicted molar refractivity (Wildman–Crippen MR) is 230 cm³/mol. The first-order chi connectivity index (χ1) is 28.2. The van der Waals surface area contributed by atoms with E-state index in [0.717, 1.165) is 67.2 Å². The maximum atomic E-state index is 12.6. The SMILES string of the molecule is C=CCCCCCCCCC(=O)Oc1ccc(-c2ccc(OC(=O)CCCCC(=O)Oc3ccc(-c4ccc(C(=O)O[C@H](C)CCCCCC)cc4)cc3)cc2)cc1. The minimum atomic E-state index is -0.373. The number of carbonyl (C=O) groups is 4. The van der Waals surface area contributed by atoms with Crippen molar-refractivity contribution < 1.29 is 38.1 Å². The lowest BCUT2D eigenvalue weighted by molar-refractivity contribution is -0.136. The summed E-state index contributed by atoms with van der Waals surface area (Å²) in [5.41, 5.74) is 4.25. The lowest BCUT2D eigenvalue weighted by atomic mass is 10.0. The standard InChI is InChI=1S/C50H60O8/c1-4-6-8-10-11-12-13-15-19-47(51)56-44-34-28-41(29-35-44)42-30-36-46(37-31-42)58-49(53)21-17-16-20-48(52)57-45-32-26-40(27-33-45)39-22-24-43(25-23-39)50(54)55-38(3)18-14-9-7-5-2/h4,22-38H,1,5-21H2,2-3H3/t38-/m1/s1. The maximum absolute atomic E-state index is 12.6. The minimum absolute atomic E-state index is 0.114. The molecular formula is C50H60O8. The third kappa shape index (κ3) is 16.9. The second-order valence-corrected chi connectivity index (χ2v) is 14.8. The van der Waals surface area contributed by atoms with E-state index in [1.165, 1.54) is 32.1 Å². The molecule has 0 N–H and O–H groups in total. The number of esters is 4. The highest BCUT2D eigenvalue weighted by Crippen LogP contribution is 2.26. The van der Waals surface area contributed by atoms with Gasteiger partial charge in [-0.3, -0.25) is 14.4 Å². The van der Waals surface area contributed by atoms with Crippen LogP contribution in [0.2, 0.25) is 0 Å². The van der Waals surface area contributed by atoms with Gasteiger partial charge in [0.2, 0.25) is 0 Å². The lowest BCUT2D eigenvalue weighted by Crippen LogP contribution is -2.15. The highest BCUT2D eigenvalue weighted by Gasteiger charge is 2.13. The zero-order valence-electron chi connectivity index (χ0n) is 34.4. The third-order valence-corrected chi connectivity index (χ3v) is 9.87. The molecule has 0 unspecified atom stereocenters. The van der Waals surface area contributed by atoms with Crippen LogP contribution in [0.1, 0.15) is 133 Å². The fourth-order valence-electron chi connectivity index (χ4n) is 6.46. The summed E-state index contributed by atoms with van der Waals surface area (Å²) in [6.07, 6.45) is 16.7. The van der Waals surface area contributed by atoms with Crippen molar-refractivity contribution in [3.8, 4) is 39.5 Å². The van der Waals surface area contributed by atoms with Crippen molar-refractivity contribution in [1.29, 1.82) is 0 Å². The van der Waals surface area contributed by atoms with Crippen LogP contribution in [0.4, 0.5) is 0 Å². The first-order valence-corrected chi connectivity index (χ1v) is 21.1. The van der Waals surface area contributed by atoms with E-state index in [0.29, 0.717) is 42.1 Å². The fourth-order valence-corrected chi connectivity index (χ4v) is 6.46. The quantitative estimate of drug-likeness (QED) is 0.0268. The molecule has 8 nitrogen and oxygen atoms in total. The number of ether oxygens (including phenoxy) is 4. The summed E-state index contributed by atoms with van der Waals surface area (Å²) in [5.74, 6) is 0.117. The summed E-state index contributed by atoms with van der Waals surface area (Å²) < 4.78 is 22.1. The smallest absolute Gasteiger partial charge is 0.338 e. The van der Waals surface area contributed by atoms with E-state index in [9.17, 15) is 19.2 Å². The van der Waals surface area contributed by atoms with Crippen LogP contribution in [0.25, 0.3) is 22.3 Å². The summed E-state index contributed by atoms with van der Waals surface area (Å²) in [6.45, 7) is 7.86. The van der Waals surface area contributed by atoms with Gasteiger partial charge in [-0.05, 0) is 123 Å². The molecule has 1 atom stereocenters. The van der Waals surface area contributed by atoms with Gasteiger partial charge < -0.3 is 18.9 Å². The molecule has 0 amide bonds. The molecule has 4 aromatic rings. The molecule has 0 bridgehead atoms. The molecule has 0 aromatic heterocycles. The summed E-state index contributed by atoms with van der Waals surface area (Å²) >= 11 is 0. The van der Waals surface area contributed by atoms with Gasteiger partial charge in [0.15, 0.2) is 0 Å². The Bertz CT molecular complexity index is 1840. The highest BCUT2D eigenvalue weighted by molar-refractivity contribution is 5.90. The molecule has 0 aliphatic carbocycles. The molecule has 0 heterocycles. The molecule has 0 radical (unpaired) electrons. The average Bonchev–Trinajstić information content (AvgIpc) is 3.23. The zero-order chi connectivity index (χ0) is 41.4. The fraction of sp³-hybridized carbons (Fsp3) is 0.400. The number of allylic oxidation sites excluding steroid dienone is 1. The normalized spacial score (nSPS) is 11.3. The Kier molecular flexibility index (Phi) is 20.0. The minimum Gasteiger partial charge on any atom is -0.459 e. The molecule has 8 heteroatoms. The molecule has 58 heavy (non-hydrogen) atoms. The van der Waals surface area contributed by atoms with Crippen LogP contribution in [0, 0.1) is 0 Å². The van der Waals surface area contributed by atoms with E-state index in [-0.39, 0.29) is 42.8 Å².